The van der Waals surface area contributed by atoms with Gasteiger partial charge in [0, 0.05) is 20.2 Å². The lowest BCUT2D eigenvalue weighted by atomic mass is 9.94. The highest BCUT2D eigenvalue weighted by Crippen LogP contribution is 2.19. The van der Waals surface area contributed by atoms with Crippen LogP contribution in [0.5, 0.6) is 0 Å². The summed E-state index contributed by atoms with van der Waals surface area (Å²) in [6.45, 7) is 1.87. The molecule has 1 N–H and O–H groups in total. The number of H-pyrrole nitrogens is 1. The lowest BCUT2D eigenvalue weighted by Gasteiger charge is -2.27. The number of nitrogens with zero attached hydrogens (tertiary/aromatic N) is 3. The van der Waals surface area contributed by atoms with Gasteiger partial charge in [0.2, 0.25) is 0 Å². The van der Waals surface area contributed by atoms with Crippen LogP contribution in [0.2, 0.25) is 0 Å². The molecule has 6 heteroatoms. The van der Waals surface area contributed by atoms with Gasteiger partial charge < -0.3 is 9.64 Å². The molecule has 0 aromatic carbocycles. The van der Waals surface area contributed by atoms with E-state index in [0.29, 0.717) is 24.8 Å². The molecule has 104 valence electrons. The monoisotopic (exact) mass is 264 g/mol. The van der Waals surface area contributed by atoms with Crippen LogP contribution in [0.15, 0.2) is 18.3 Å². The third-order valence-electron chi connectivity index (χ3n) is 3.34. The van der Waals surface area contributed by atoms with E-state index in [1.54, 1.807) is 7.11 Å². The van der Waals surface area contributed by atoms with Crippen LogP contribution in [0.1, 0.15) is 29.8 Å². The Morgan fingerprint density at radius 2 is 2.47 bits per heavy atom. The normalized spacial score (nSPS) is 18.5. The second-order valence-corrected chi connectivity index (χ2v) is 4.75. The summed E-state index contributed by atoms with van der Waals surface area (Å²) < 4.78 is 5.08. The van der Waals surface area contributed by atoms with Crippen LogP contribution >= 0.6 is 0 Å². The predicted octanol–water partition coefficient (Wildman–Crippen LogP) is 1.25. The molecular formula is C13H20N4O2. The maximum absolute atomic E-state index is 12.3. The zero-order chi connectivity index (χ0) is 13.5. The van der Waals surface area contributed by atoms with E-state index >= 15 is 0 Å². The van der Waals surface area contributed by atoms with Crippen LogP contribution < -0.4 is 0 Å². The van der Waals surface area contributed by atoms with Crippen LogP contribution in [-0.2, 0) is 4.74 Å². The van der Waals surface area contributed by atoms with Crippen molar-refractivity contribution in [1.82, 2.24) is 20.3 Å². The molecule has 1 atom stereocenters. The third-order valence-corrected chi connectivity index (χ3v) is 3.34. The summed E-state index contributed by atoms with van der Waals surface area (Å²) >= 11 is 0. The highest BCUT2D eigenvalue weighted by atomic mass is 16.5. The van der Waals surface area contributed by atoms with Gasteiger partial charge in [-0.1, -0.05) is 12.2 Å². The average molecular weight is 264 g/mol. The van der Waals surface area contributed by atoms with Crippen LogP contribution in [0.3, 0.4) is 0 Å². The number of aromatic amines is 1. The number of ether oxygens (including phenoxy) is 1. The number of rotatable bonds is 6. The number of amides is 1. The van der Waals surface area contributed by atoms with Crippen molar-refractivity contribution in [3.8, 4) is 0 Å². The van der Waals surface area contributed by atoms with Crippen LogP contribution in [0.25, 0.3) is 0 Å². The van der Waals surface area contributed by atoms with Crippen molar-refractivity contribution in [2.24, 2.45) is 5.92 Å². The summed E-state index contributed by atoms with van der Waals surface area (Å²) in [6, 6.07) is 0. The van der Waals surface area contributed by atoms with E-state index in [0.717, 1.165) is 25.8 Å². The summed E-state index contributed by atoms with van der Waals surface area (Å²) in [5.41, 5.74) is 0.363. The Morgan fingerprint density at radius 3 is 3.11 bits per heavy atom. The Balaban J connectivity index is 1.98. The molecule has 1 aliphatic rings. The first-order chi connectivity index (χ1) is 9.31. The van der Waals surface area contributed by atoms with Crippen molar-refractivity contribution in [3.63, 3.8) is 0 Å². The highest BCUT2D eigenvalue weighted by molar-refractivity contribution is 5.91. The van der Waals surface area contributed by atoms with E-state index in [4.69, 9.17) is 4.74 Å². The standard InChI is InChI=1S/C13H20N4O2/c1-19-8-7-17(10-11-5-3-2-4-6-11)13(18)12-9-14-16-15-12/h2-3,9,11H,4-8,10H2,1H3,(H,14,15,16)/t11-/m1/s1. The van der Waals surface area contributed by atoms with Crippen molar-refractivity contribution in [1.29, 1.82) is 0 Å². The molecule has 2 rings (SSSR count). The van der Waals surface area contributed by atoms with Crippen molar-refractivity contribution in [2.75, 3.05) is 26.8 Å². The number of hydrogen-bond donors (Lipinski definition) is 1. The van der Waals surface area contributed by atoms with Gasteiger partial charge in [0.15, 0.2) is 5.69 Å². The molecule has 6 nitrogen and oxygen atoms in total. The number of carbonyl (C=O) groups is 1. The minimum Gasteiger partial charge on any atom is -0.383 e. The molecule has 0 radical (unpaired) electrons. The fraction of sp³-hybridized carbons (Fsp3) is 0.615. The van der Waals surface area contributed by atoms with E-state index in [2.05, 4.69) is 27.6 Å². The van der Waals surface area contributed by atoms with Gasteiger partial charge in [-0.05, 0) is 25.2 Å². The van der Waals surface area contributed by atoms with Gasteiger partial charge in [-0.15, -0.1) is 0 Å². The molecule has 1 amide bonds. The molecule has 0 fully saturated rings. The number of aromatic nitrogens is 3. The zero-order valence-electron chi connectivity index (χ0n) is 11.2. The van der Waals surface area contributed by atoms with Crippen molar-refractivity contribution < 1.29 is 9.53 Å². The van der Waals surface area contributed by atoms with Gasteiger partial charge >= 0.3 is 0 Å². The Kier molecular flexibility index (Phi) is 5.09. The third kappa shape index (κ3) is 3.89. The van der Waals surface area contributed by atoms with E-state index in [1.807, 2.05) is 4.90 Å². The highest BCUT2D eigenvalue weighted by Gasteiger charge is 2.22. The number of carbonyl (C=O) groups excluding carboxylic acids is 1. The molecular weight excluding hydrogens is 244 g/mol. The maximum atomic E-state index is 12.3. The number of hydrogen-bond acceptors (Lipinski definition) is 4. The summed E-state index contributed by atoms with van der Waals surface area (Å²) in [6.07, 6.45) is 9.13. The fourth-order valence-corrected chi connectivity index (χ4v) is 2.28. The Labute approximate surface area is 112 Å². The summed E-state index contributed by atoms with van der Waals surface area (Å²) in [7, 11) is 1.64. The molecule has 1 aliphatic carbocycles. The summed E-state index contributed by atoms with van der Waals surface area (Å²) in [5.74, 6) is 0.443. The topological polar surface area (TPSA) is 71.1 Å². The SMILES string of the molecule is COCCN(C[C@@H]1CC=CCC1)C(=O)c1cn[nH]n1. The summed E-state index contributed by atoms with van der Waals surface area (Å²) in [4.78, 5) is 14.1. The molecule has 1 aromatic rings. The Morgan fingerprint density at radius 1 is 1.58 bits per heavy atom. The van der Waals surface area contributed by atoms with Crippen molar-refractivity contribution >= 4 is 5.91 Å². The molecule has 0 unspecified atom stereocenters. The average Bonchev–Trinajstić information content (AvgIpc) is 2.98. The molecule has 0 saturated heterocycles. The quantitative estimate of drug-likeness (QED) is 0.785. The van der Waals surface area contributed by atoms with Gasteiger partial charge in [0.05, 0.1) is 12.8 Å². The number of allylic oxidation sites excluding steroid dienone is 2. The molecule has 1 heterocycles. The summed E-state index contributed by atoms with van der Waals surface area (Å²) in [5, 5.41) is 10.0. The molecule has 19 heavy (non-hydrogen) atoms. The first-order valence-electron chi connectivity index (χ1n) is 6.60. The second-order valence-electron chi connectivity index (χ2n) is 4.75. The van der Waals surface area contributed by atoms with E-state index in [1.165, 1.54) is 6.20 Å². The van der Waals surface area contributed by atoms with E-state index in [-0.39, 0.29) is 5.91 Å². The minimum atomic E-state index is -0.0830. The van der Waals surface area contributed by atoms with Crippen LogP contribution in [0.4, 0.5) is 0 Å². The van der Waals surface area contributed by atoms with E-state index in [9.17, 15) is 4.79 Å². The van der Waals surface area contributed by atoms with Gasteiger partial charge in [0.1, 0.15) is 0 Å². The molecule has 0 saturated carbocycles. The Bertz CT molecular complexity index is 416. The van der Waals surface area contributed by atoms with Crippen LogP contribution in [-0.4, -0.2) is 53.0 Å². The molecule has 0 spiro atoms. The fourth-order valence-electron chi connectivity index (χ4n) is 2.28. The predicted molar refractivity (Wildman–Crippen MR) is 70.6 cm³/mol. The Hall–Kier alpha value is -1.69. The lowest BCUT2D eigenvalue weighted by molar-refractivity contribution is 0.0652. The first-order valence-corrected chi connectivity index (χ1v) is 6.60. The number of nitrogens with one attached hydrogen (secondary N) is 1. The minimum absolute atomic E-state index is 0.0830. The lowest BCUT2D eigenvalue weighted by Crippen LogP contribution is -2.38. The smallest absolute Gasteiger partial charge is 0.276 e. The van der Waals surface area contributed by atoms with Gasteiger partial charge in [-0.2, -0.15) is 15.4 Å². The van der Waals surface area contributed by atoms with Gasteiger partial charge in [-0.3, -0.25) is 4.79 Å². The van der Waals surface area contributed by atoms with Crippen molar-refractivity contribution in [3.05, 3.63) is 24.0 Å². The van der Waals surface area contributed by atoms with Crippen LogP contribution in [0, 0.1) is 5.92 Å². The molecule has 0 aliphatic heterocycles. The number of methoxy groups -OCH3 is 1. The van der Waals surface area contributed by atoms with Crippen molar-refractivity contribution in [2.45, 2.75) is 19.3 Å². The van der Waals surface area contributed by atoms with E-state index < -0.39 is 0 Å². The molecule has 1 aromatic heterocycles. The first kappa shape index (κ1) is 13.7. The molecule has 0 bridgehead atoms. The van der Waals surface area contributed by atoms with Gasteiger partial charge in [0.25, 0.3) is 5.91 Å². The largest absolute Gasteiger partial charge is 0.383 e. The zero-order valence-corrected chi connectivity index (χ0v) is 11.2. The van der Waals surface area contributed by atoms with Gasteiger partial charge in [-0.25, -0.2) is 0 Å². The second kappa shape index (κ2) is 7.04. The maximum Gasteiger partial charge on any atom is 0.276 e.